The maximum Gasteiger partial charge on any atom is 0.411 e. The van der Waals surface area contributed by atoms with Crippen LogP contribution in [0.25, 0.3) is 10.9 Å². The summed E-state index contributed by atoms with van der Waals surface area (Å²) >= 11 is 0. The van der Waals surface area contributed by atoms with Crippen LogP contribution in [0.1, 0.15) is 12.6 Å². The average Bonchev–Trinajstić information content (AvgIpc) is 2.76. The highest BCUT2D eigenvalue weighted by Crippen LogP contribution is 2.19. The average molecular weight is 300 g/mol. The van der Waals surface area contributed by atoms with Crippen molar-refractivity contribution in [3.63, 3.8) is 0 Å². The molecule has 7 heteroatoms. The van der Waals surface area contributed by atoms with Crippen LogP contribution < -0.4 is 0 Å². The third kappa shape index (κ3) is 4.04. The van der Waals surface area contributed by atoms with Crippen LogP contribution in [-0.4, -0.2) is 35.0 Å². The molecule has 0 amide bonds. The first-order valence-electron chi connectivity index (χ1n) is 6.51. The summed E-state index contributed by atoms with van der Waals surface area (Å²) in [6, 6.07) is 7.43. The molecule has 0 saturated carbocycles. The van der Waals surface area contributed by atoms with E-state index in [4.69, 9.17) is 0 Å². The molecule has 1 heterocycles. The maximum absolute atomic E-state index is 11.9. The van der Waals surface area contributed by atoms with E-state index in [0.717, 1.165) is 10.9 Å². The Morgan fingerprint density at radius 1 is 1.33 bits per heavy atom. The Balaban J connectivity index is 2.04. The minimum Gasteiger partial charge on any atom is -0.364 e. The van der Waals surface area contributed by atoms with Crippen molar-refractivity contribution in [2.75, 3.05) is 13.2 Å². The van der Waals surface area contributed by atoms with Crippen molar-refractivity contribution >= 4 is 16.7 Å². The molecule has 0 fully saturated rings. The SMILES string of the molecule is CCn1nc(CC(=O)COCC(F)(F)F)c2ccccc21. The summed E-state index contributed by atoms with van der Waals surface area (Å²) in [4.78, 5) is 11.7. The molecule has 0 bridgehead atoms. The molecule has 0 N–H and O–H groups in total. The quantitative estimate of drug-likeness (QED) is 0.824. The Kier molecular flexibility index (Phi) is 4.62. The lowest BCUT2D eigenvalue weighted by molar-refractivity contribution is -0.175. The van der Waals surface area contributed by atoms with Gasteiger partial charge in [0, 0.05) is 11.9 Å². The first kappa shape index (κ1) is 15.5. The number of ketones is 1. The van der Waals surface area contributed by atoms with Gasteiger partial charge in [0.25, 0.3) is 0 Å². The van der Waals surface area contributed by atoms with E-state index in [1.165, 1.54) is 0 Å². The summed E-state index contributed by atoms with van der Waals surface area (Å²) in [7, 11) is 0. The first-order valence-corrected chi connectivity index (χ1v) is 6.51. The lowest BCUT2D eigenvalue weighted by Gasteiger charge is -2.06. The van der Waals surface area contributed by atoms with Crippen LogP contribution in [0.4, 0.5) is 13.2 Å². The topological polar surface area (TPSA) is 44.1 Å². The number of aryl methyl sites for hydroxylation is 1. The number of aromatic nitrogens is 2. The van der Waals surface area contributed by atoms with Gasteiger partial charge in [0.1, 0.15) is 13.2 Å². The van der Waals surface area contributed by atoms with Gasteiger partial charge in [-0.05, 0) is 13.0 Å². The second-order valence-corrected chi connectivity index (χ2v) is 4.60. The minimum absolute atomic E-state index is 0.0363. The van der Waals surface area contributed by atoms with Crippen LogP contribution in [0.15, 0.2) is 24.3 Å². The zero-order chi connectivity index (χ0) is 15.5. The molecule has 1 aromatic carbocycles. The fraction of sp³-hybridized carbons (Fsp3) is 0.429. The second kappa shape index (κ2) is 6.26. The van der Waals surface area contributed by atoms with Gasteiger partial charge in [-0.25, -0.2) is 0 Å². The molecule has 0 radical (unpaired) electrons. The molecule has 114 valence electrons. The highest BCUT2D eigenvalue weighted by atomic mass is 19.4. The molecule has 4 nitrogen and oxygen atoms in total. The van der Waals surface area contributed by atoms with E-state index in [9.17, 15) is 18.0 Å². The molecule has 0 aliphatic carbocycles. The number of rotatable bonds is 6. The van der Waals surface area contributed by atoms with Gasteiger partial charge in [-0.3, -0.25) is 9.48 Å². The lowest BCUT2D eigenvalue weighted by Crippen LogP contribution is -2.21. The third-order valence-corrected chi connectivity index (χ3v) is 2.93. The standard InChI is InChI=1S/C14H15F3N2O2/c1-2-19-13-6-4-3-5-11(13)12(18-19)7-10(20)8-21-9-14(15,16)17/h3-6H,2,7-9H2,1H3. The number of carbonyl (C=O) groups is 1. The van der Waals surface area contributed by atoms with Gasteiger partial charge in [0.15, 0.2) is 5.78 Å². The molecule has 0 spiro atoms. The number of hydrogen-bond donors (Lipinski definition) is 0. The van der Waals surface area contributed by atoms with Crippen LogP contribution in [0.2, 0.25) is 0 Å². The van der Waals surface area contributed by atoms with Crippen molar-refractivity contribution in [3.8, 4) is 0 Å². The van der Waals surface area contributed by atoms with E-state index < -0.39 is 25.2 Å². The van der Waals surface area contributed by atoms with E-state index in [0.29, 0.717) is 12.2 Å². The van der Waals surface area contributed by atoms with E-state index in [2.05, 4.69) is 9.84 Å². The molecule has 2 rings (SSSR count). The third-order valence-electron chi connectivity index (χ3n) is 2.93. The highest BCUT2D eigenvalue weighted by Gasteiger charge is 2.27. The fourth-order valence-corrected chi connectivity index (χ4v) is 2.09. The highest BCUT2D eigenvalue weighted by molar-refractivity contribution is 5.89. The number of halogens is 3. The van der Waals surface area contributed by atoms with E-state index in [1.807, 2.05) is 31.2 Å². The zero-order valence-electron chi connectivity index (χ0n) is 11.5. The Bertz CT molecular complexity index is 635. The number of Topliss-reactive ketones (excluding diaryl/α,β-unsaturated/α-hetero) is 1. The van der Waals surface area contributed by atoms with Crippen LogP contribution in [0.3, 0.4) is 0 Å². The van der Waals surface area contributed by atoms with Gasteiger partial charge >= 0.3 is 6.18 Å². The predicted octanol–water partition coefficient (Wildman–Crippen LogP) is 2.75. The van der Waals surface area contributed by atoms with E-state index >= 15 is 0 Å². The van der Waals surface area contributed by atoms with Gasteiger partial charge < -0.3 is 4.74 Å². The predicted molar refractivity (Wildman–Crippen MR) is 71.0 cm³/mol. The Morgan fingerprint density at radius 3 is 2.71 bits per heavy atom. The number of para-hydroxylation sites is 1. The molecule has 21 heavy (non-hydrogen) atoms. The van der Waals surface area contributed by atoms with Gasteiger partial charge in [0.05, 0.1) is 17.6 Å². The Hall–Kier alpha value is -1.89. The Labute approximate surface area is 119 Å². The minimum atomic E-state index is -4.42. The molecule has 0 unspecified atom stereocenters. The number of alkyl halides is 3. The van der Waals surface area contributed by atoms with Crippen LogP contribution >= 0.6 is 0 Å². The van der Waals surface area contributed by atoms with Crippen molar-refractivity contribution in [3.05, 3.63) is 30.0 Å². The van der Waals surface area contributed by atoms with Crippen LogP contribution in [-0.2, 0) is 22.5 Å². The van der Waals surface area contributed by atoms with Gasteiger partial charge in [0.2, 0.25) is 0 Å². The van der Waals surface area contributed by atoms with Crippen molar-refractivity contribution in [1.29, 1.82) is 0 Å². The number of benzene rings is 1. The molecular formula is C14H15F3N2O2. The smallest absolute Gasteiger partial charge is 0.364 e. The lowest BCUT2D eigenvalue weighted by atomic mass is 10.1. The number of nitrogens with zero attached hydrogens (tertiary/aromatic N) is 2. The molecule has 0 saturated heterocycles. The number of hydrogen-bond acceptors (Lipinski definition) is 3. The van der Waals surface area contributed by atoms with Crippen molar-refractivity contribution in [2.45, 2.75) is 26.1 Å². The summed E-state index contributed by atoms with van der Waals surface area (Å²) in [5.74, 6) is -0.425. The molecule has 0 aliphatic heterocycles. The van der Waals surface area contributed by atoms with Gasteiger partial charge in [-0.2, -0.15) is 18.3 Å². The van der Waals surface area contributed by atoms with Gasteiger partial charge in [-0.15, -0.1) is 0 Å². The Morgan fingerprint density at radius 2 is 2.05 bits per heavy atom. The van der Waals surface area contributed by atoms with Crippen LogP contribution in [0.5, 0.6) is 0 Å². The summed E-state index contributed by atoms with van der Waals surface area (Å²) in [5.41, 5.74) is 1.46. The van der Waals surface area contributed by atoms with E-state index in [1.54, 1.807) is 4.68 Å². The van der Waals surface area contributed by atoms with E-state index in [-0.39, 0.29) is 6.42 Å². The molecule has 1 aromatic heterocycles. The largest absolute Gasteiger partial charge is 0.411 e. The molecule has 0 atom stereocenters. The summed E-state index contributed by atoms with van der Waals surface area (Å²) in [6.45, 7) is 0.604. The zero-order valence-corrected chi connectivity index (χ0v) is 11.5. The normalized spacial score (nSPS) is 12.0. The maximum atomic E-state index is 11.9. The van der Waals surface area contributed by atoms with Crippen molar-refractivity contribution in [1.82, 2.24) is 9.78 Å². The summed E-state index contributed by atoms with van der Waals surface area (Å²) in [5, 5.41) is 5.16. The summed E-state index contributed by atoms with van der Waals surface area (Å²) < 4.78 is 41.9. The fourth-order valence-electron chi connectivity index (χ4n) is 2.09. The number of carbonyl (C=O) groups excluding carboxylic acids is 1. The summed E-state index contributed by atoms with van der Waals surface area (Å²) in [6.07, 6.45) is -4.46. The van der Waals surface area contributed by atoms with Gasteiger partial charge in [-0.1, -0.05) is 18.2 Å². The second-order valence-electron chi connectivity index (χ2n) is 4.60. The van der Waals surface area contributed by atoms with Crippen molar-refractivity contribution in [2.24, 2.45) is 0 Å². The first-order chi connectivity index (χ1) is 9.90. The molecule has 2 aromatic rings. The number of fused-ring (bicyclic) bond motifs is 1. The molecular weight excluding hydrogens is 285 g/mol. The molecule has 0 aliphatic rings. The monoisotopic (exact) mass is 300 g/mol. The number of ether oxygens (including phenoxy) is 1. The van der Waals surface area contributed by atoms with Crippen LogP contribution in [0, 0.1) is 0 Å². The van der Waals surface area contributed by atoms with Crippen molar-refractivity contribution < 1.29 is 22.7 Å².